The van der Waals surface area contributed by atoms with Gasteiger partial charge >= 0.3 is 0 Å². The largest absolute Gasteiger partial charge is 0.497 e. The third kappa shape index (κ3) is 23.3. The number of anilines is 8. The van der Waals surface area contributed by atoms with Crippen molar-refractivity contribution >= 4 is 172 Å². The number of hydrogen-bond acceptors (Lipinski definition) is 13. The van der Waals surface area contributed by atoms with Crippen molar-refractivity contribution in [1.82, 2.24) is 39.9 Å². The number of nitrogens with one attached hydrogen (secondary N) is 12. The number of amides is 8. The molecule has 0 unspecified atom stereocenters. The van der Waals surface area contributed by atoms with E-state index in [1.54, 1.807) is 195 Å². The van der Waals surface area contributed by atoms with Gasteiger partial charge in [0.2, 0.25) is 0 Å². The van der Waals surface area contributed by atoms with Gasteiger partial charge in [-0.05, 0) is 261 Å². The number of hydrogen-bond donors (Lipinski definition) is 12. The van der Waals surface area contributed by atoms with Crippen molar-refractivity contribution in [1.29, 1.82) is 0 Å². The van der Waals surface area contributed by atoms with Crippen molar-refractivity contribution in [2.24, 2.45) is 0 Å². The number of benzene rings is 16. The summed E-state index contributed by atoms with van der Waals surface area (Å²) in [5.74, 6) is 1.15. The zero-order valence-electron chi connectivity index (χ0n) is 72.8. The second-order valence-corrected chi connectivity index (χ2v) is 32.3. The number of aromatic amines is 4. The lowest BCUT2D eigenvalue weighted by atomic mass is 10.1. The predicted molar refractivity (Wildman–Crippen MR) is 543 cm³/mol. The Balaban J connectivity index is 0.000000127. The van der Waals surface area contributed by atoms with Gasteiger partial charge in [-0.1, -0.05) is 156 Å². The van der Waals surface area contributed by atoms with Crippen LogP contribution < -0.4 is 47.3 Å². The Bertz CT molecular complexity index is 7630. The number of imidazole rings is 4. The summed E-state index contributed by atoms with van der Waals surface area (Å²) < 4.78 is 18.2. The van der Waals surface area contributed by atoms with Crippen LogP contribution in [0.4, 0.5) is 49.9 Å². The molecule has 0 fully saturated rings. The Morgan fingerprint density at radius 1 is 0.239 bits per heavy atom. The van der Waals surface area contributed by atoms with Crippen LogP contribution in [-0.4, -0.2) is 94.2 Å². The van der Waals surface area contributed by atoms with Crippen LogP contribution in [0.25, 0.3) is 89.7 Å². The first-order chi connectivity index (χ1) is 67.1. The molecule has 0 radical (unpaired) electrons. The van der Waals surface area contributed by atoms with Gasteiger partial charge in [0.25, 0.3) is 47.3 Å². The molecule has 20 rings (SSSR count). The van der Waals surface area contributed by atoms with Crippen LogP contribution in [0.1, 0.15) is 82.9 Å². The summed E-state index contributed by atoms with van der Waals surface area (Å²) in [6.07, 6.45) is 0. The summed E-state index contributed by atoms with van der Waals surface area (Å²) in [6.45, 7) is 0. The fourth-order valence-electron chi connectivity index (χ4n) is 14.3. The highest BCUT2D eigenvalue weighted by Gasteiger charge is 2.20. The molecule has 0 saturated heterocycles. The maximum absolute atomic E-state index is 13.0. The highest BCUT2D eigenvalue weighted by molar-refractivity contribution is 6.42. The first kappa shape index (κ1) is 91.6. The van der Waals surface area contributed by atoms with E-state index in [1.807, 2.05) is 170 Å². The molecule has 0 aliphatic heterocycles. The van der Waals surface area contributed by atoms with Gasteiger partial charge in [0, 0.05) is 117 Å². The van der Waals surface area contributed by atoms with Gasteiger partial charge in [-0.15, -0.1) is 0 Å². The van der Waals surface area contributed by atoms with Crippen molar-refractivity contribution in [2.45, 2.75) is 0 Å². The summed E-state index contributed by atoms with van der Waals surface area (Å²) in [5, 5.41) is 24.1. The van der Waals surface area contributed by atoms with E-state index in [1.165, 1.54) is 24.3 Å². The van der Waals surface area contributed by atoms with Gasteiger partial charge in [-0.25, -0.2) is 24.3 Å². The third-order valence-electron chi connectivity index (χ3n) is 21.5. The number of H-pyrrole nitrogens is 4. The molecule has 0 atom stereocenters. The molecule has 4 heterocycles. The topological polar surface area (TPSA) is 357 Å². The lowest BCUT2D eigenvalue weighted by molar-refractivity contribution is 0.101. The Morgan fingerprint density at radius 2 is 0.464 bits per heavy atom. The van der Waals surface area contributed by atoms with E-state index in [4.69, 9.17) is 39.5 Å². The zero-order chi connectivity index (χ0) is 95.5. The van der Waals surface area contributed by atoms with Gasteiger partial charge in [0.15, 0.2) is 0 Å². The molecular weight excluding hydrogens is 1800 g/mol. The molecule has 0 aliphatic carbocycles. The van der Waals surface area contributed by atoms with E-state index in [-0.39, 0.29) is 53.1 Å². The summed E-state index contributed by atoms with van der Waals surface area (Å²) in [6, 6.07) is 111. The Labute approximate surface area is 802 Å². The number of halogens is 4. The molecule has 25 nitrogen and oxygen atoms in total. The predicted octanol–water partition coefficient (Wildman–Crippen LogP) is 25.0. The Morgan fingerprint density at radius 3 is 0.725 bits per heavy atom. The van der Waals surface area contributed by atoms with Crippen LogP contribution >= 0.6 is 34.8 Å². The minimum Gasteiger partial charge on any atom is -0.497 e. The van der Waals surface area contributed by atoms with Gasteiger partial charge in [0.1, 0.15) is 34.9 Å². The maximum Gasteiger partial charge on any atom is 0.255 e. The Hall–Kier alpha value is -18.2. The monoisotopic (exact) mass is 1880 g/mol. The molecule has 16 aromatic carbocycles. The van der Waals surface area contributed by atoms with Crippen molar-refractivity contribution in [2.75, 3.05) is 49.6 Å². The average Bonchev–Trinajstić information content (AvgIpc) is 1.67. The quantitative estimate of drug-likeness (QED) is 0.0319. The van der Waals surface area contributed by atoms with Gasteiger partial charge in [-0.2, -0.15) is 0 Å². The fourth-order valence-corrected chi connectivity index (χ4v) is 14.7. The van der Waals surface area contributed by atoms with Crippen LogP contribution in [0.5, 0.6) is 5.75 Å². The number of rotatable bonds is 21. The fraction of sp³-hybridized carbons (Fsp3) is 0.00917. The number of nitrogens with zero attached hydrogens (tertiary/aromatic N) is 4. The van der Waals surface area contributed by atoms with Crippen LogP contribution in [0.2, 0.25) is 15.1 Å². The van der Waals surface area contributed by atoms with E-state index in [2.05, 4.69) is 82.4 Å². The molecule has 138 heavy (non-hydrogen) atoms. The van der Waals surface area contributed by atoms with Gasteiger partial charge < -0.3 is 67.2 Å². The standard InChI is InChI=1S/C28H22N4O3.C27H18Cl2N4O2.C27H19ClN4O2.C27H19FN4O2/c1-35-23-14-12-22(13-15-23)30-27(33)19-9-7-18(8-10-19)26-31-24-16-11-20(17-25(24)32-26)28(34)29-21-5-3-2-4-6-21;28-21-12-11-20(15-22(21)29)31-26(34)17-8-6-16(7-9-17)25-32-23-13-10-18(14-24(23)33-25)27(35)30-19-4-2-1-3-5-19;2*28-20-11-13-22(14-12-20)30-26(33)18-8-6-17(7-9-18)25-31-23-15-10-19(16-24(23)32-25)27(34)29-21-4-2-1-3-5-21/h2-17H,1H3,(H,29,34)(H,30,33)(H,31,32);1-15H,(H,30,35)(H,31,34)(H,32,33);2*1-16H,(H,29,34)(H,30,33)(H,31,32). The van der Waals surface area contributed by atoms with E-state index in [0.717, 1.165) is 94.9 Å². The molecule has 0 spiro atoms. The molecule has 676 valence electrons. The van der Waals surface area contributed by atoms with E-state index < -0.39 is 0 Å². The summed E-state index contributed by atoms with van der Waals surface area (Å²) in [4.78, 5) is 132. The number of aromatic nitrogens is 8. The average molecular weight is 1880 g/mol. The lowest BCUT2D eigenvalue weighted by Gasteiger charge is -2.07. The van der Waals surface area contributed by atoms with E-state index in [9.17, 15) is 42.7 Å². The van der Waals surface area contributed by atoms with Crippen LogP contribution in [0.15, 0.2) is 382 Å². The molecule has 20 aromatic rings. The van der Waals surface area contributed by atoms with Gasteiger partial charge in [0.05, 0.1) is 61.3 Å². The minimum absolute atomic E-state index is 0.193. The molecule has 8 amide bonds. The second-order valence-electron chi connectivity index (χ2n) is 31.0. The highest BCUT2D eigenvalue weighted by atomic mass is 35.5. The van der Waals surface area contributed by atoms with Gasteiger partial charge in [-0.3, -0.25) is 38.4 Å². The van der Waals surface area contributed by atoms with E-state index >= 15 is 0 Å². The molecule has 0 bridgehead atoms. The molecule has 0 aliphatic rings. The van der Waals surface area contributed by atoms with Crippen molar-refractivity contribution in [3.05, 3.63) is 448 Å². The minimum atomic E-state index is -0.364. The maximum atomic E-state index is 13.0. The number of ether oxygens (including phenoxy) is 1. The first-order valence-electron chi connectivity index (χ1n) is 42.9. The summed E-state index contributed by atoms with van der Waals surface area (Å²) >= 11 is 17.8. The number of carbonyl (C=O) groups is 8. The number of fused-ring (bicyclic) bond motifs is 4. The van der Waals surface area contributed by atoms with E-state index in [0.29, 0.717) is 106 Å². The summed E-state index contributed by atoms with van der Waals surface area (Å²) in [7, 11) is 1.60. The molecule has 4 aromatic heterocycles. The summed E-state index contributed by atoms with van der Waals surface area (Å²) in [5.41, 5.74) is 18.6. The first-order valence-corrected chi connectivity index (χ1v) is 44.0. The lowest BCUT2D eigenvalue weighted by Crippen LogP contribution is -2.11. The van der Waals surface area contributed by atoms with Crippen LogP contribution in [0.3, 0.4) is 0 Å². The van der Waals surface area contributed by atoms with Crippen LogP contribution in [0, 0.1) is 5.82 Å². The van der Waals surface area contributed by atoms with Crippen molar-refractivity contribution in [3.63, 3.8) is 0 Å². The molecule has 29 heteroatoms. The molecular formula is C109H78Cl3FN16O9. The number of methoxy groups -OCH3 is 1. The second kappa shape index (κ2) is 42.5. The number of carbonyl (C=O) groups excluding carboxylic acids is 8. The highest BCUT2D eigenvalue weighted by Crippen LogP contribution is 2.32. The zero-order valence-corrected chi connectivity index (χ0v) is 75.1. The van der Waals surface area contributed by atoms with Crippen molar-refractivity contribution in [3.8, 4) is 51.3 Å². The van der Waals surface area contributed by atoms with Crippen LogP contribution in [-0.2, 0) is 0 Å². The molecule has 12 N–H and O–H groups in total. The normalized spacial score (nSPS) is 10.7. The number of para-hydroxylation sites is 4. The smallest absolute Gasteiger partial charge is 0.255 e. The third-order valence-corrected chi connectivity index (χ3v) is 22.5. The Kier molecular flexibility index (Phi) is 28.3. The van der Waals surface area contributed by atoms with Crippen molar-refractivity contribution < 1.29 is 47.5 Å². The molecule has 0 saturated carbocycles. The SMILES string of the molecule is COc1ccc(NC(=O)c2ccc(-c3nc4ccc(C(=O)Nc5ccccc5)cc4[nH]3)cc2)cc1.O=C(Nc1ccc(Cl)c(Cl)c1)c1ccc(-c2nc3ccc(C(=O)Nc4ccccc4)cc3[nH]2)cc1.O=C(Nc1ccc(Cl)cc1)c1ccc(-c2nc3ccc(C(=O)Nc4ccccc4)cc3[nH]2)cc1.O=C(Nc1ccc(F)cc1)c1ccc(-c2nc3ccc(C(=O)Nc4ccccc4)cc3[nH]2)cc1.